The highest BCUT2D eigenvalue weighted by molar-refractivity contribution is 7.92. The third-order valence-corrected chi connectivity index (χ3v) is 8.12. The van der Waals surface area contributed by atoms with Gasteiger partial charge in [-0.3, -0.25) is 9.52 Å². The lowest BCUT2D eigenvalue weighted by Gasteiger charge is -2.25. The Morgan fingerprint density at radius 1 is 0.946 bits per heavy atom. The van der Waals surface area contributed by atoms with Crippen LogP contribution < -0.4 is 4.72 Å². The van der Waals surface area contributed by atoms with Gasteiger partial charge in [0.25, 0.3) is 15.9 Å². The first-order chi connectivity index (χ1) is 17.3. The number of aliphatic carboxylic acids is 1. The zero-order valence-electron chi connectivity index (χ0n) is 21.2. The van der Waals surface area contributed by atoms with Gasteiger partial charge in [0.15, 0.2) is 6.04 Å². The maximum atomic E-state index is 13.1. The number of amides is 1. The average molecular weight is 545 g/mol. The summed E-state index contributed by atoms with van der Waals surface area (Å²) < 4.78 is 28.8. The summed E-state index contributed by atoms with van der Waals surface area (Å²) in [5.41, 5.74) is 4.61. The Hall–Kier alpha value is -3.40. The Bertz CT molecular complexity index is 1460. The minimum absolute atomic E-state index is 0.140. The van der Waals surface area contributed by atoms with Crippen molar-refractivity contribution < 1.29 is 28.2 Å². The van der Waals surface area contributed by atoms with Crippen LogP contribution in [0.25, 0.3) is 11.1 Å². The van der Waals surface area contributed by atoms with Crippen LogP contribution in [0.2, 0.25) is 5.02 Å². The summed E-state index contributed by atoms with van der Waals surface area (Å²) in [7, 11) is -2.53. The second kappa shape index (κ2) is 10.9. The fourth-order valence-electron chi connectivity index (χ4n) is 4.17. The monoisotopic (exact) mass is 544 g/mol. The molecule has 1 atom stereocenters. The fourth-order valence-corrected chi connectivity index (χ4v) is 5.75. The smallest absolute Gasteiger partial charge is 0.328 e. The molecule has 196 valence electrons. The summed E-state index contributed by atoms with van der Waals surface area (Å²) in [6, 6.07) is 12.3. The van der Waals surface area contributed by atoms with Crippen molar-refractivity contribution in [3.8, 4) is 11.1 Å². The standard InChI is InChI=1S/C27H29ClN2O6S/c1-15-12-24(16(2)11-22(15)28)37(35,36)29-21-8-6-7-19(13-21)20-9-17(3)25(18(4)10-20)26(32)30(5)23(14-31)27(33)34/h6-13,23,29,31H,14H2,1-5H3,(H,33,34)/t23-/m0/s1. The van der Waals surface area contributed by atoms with Gasteiger partial charge in [-0.25, -0.2) is 13.2 Å². The number of aliphatic hydroxyl groups excluding tert-OH is 1. The Labute approximate surface area is 221 Å². The molecule has 1 amide bonds. The minimum atomic E-state index is -3.87. The molecule has 0 aromatic heterocycles. The molecule has 0 aliphatic rings. The fraction of sp³-hybridized carbons (Fsp3) is 0.259. The van der Waals surface area contributed by atoms with E-state index in [9.17, 15) is 28.2 Å². The highest BCUT2D eigenvalue weighted by atomic mass is 35.5. The van der Waals surface area contributed by atoms with Gasteiger partial charge in [-0.15, -0.1) is 0 Å². The van der Waals surface area contributed by atoms with Gasteiger partial charge >= 0.3 is 5.97 Å². The van der Waals surface area contributed by atoms with Crippen LogP contribution in [0.4, 0.5) is 5.69 Å². The molecule has 3 rings (SSSR count). The molecule has 10 heteroatoms. The van der Waals surface area contributed by atoms with E-state index >= 15 is 0 Å². The first-order valence-corrected chi connectivity index (χ1v) is 13.2. The number of benzene rings is 3. The van der Waals surface area contributed by atoms with Gasteiger partial charge < -0.3 is 15.1 Å². The summed E-state index contributed by atoms with van der Waals surface area (Å²) in [5.74, 6) is -1.81. The Kier molecular flexibility index (Phi) is 8.32. The molecule has 0 fully saturated rings. The first kappa shape index (κ1) is 28.2. The van der Waals surface area contributed by atoms with E-state index in [2.05, 4.69) is 4.72 Å². The van der Waals surface area contributed by atoms with Crippen LogP contribution in [0.15, 0.2) is 53.4 Å². The van der Waals surface area contributed by atoms with Crippen LogP contribution in [0.5, 0.6) is 0 Å². The number of rotatable bonds is 8. The second-order valence-corrected chi connectivity index (χ2v) is 11.0. The number of anilines is 1. The Balaban J connectivity index is 1.94. The molecular formula is C27H29ClN2O6S. The van der Waals surface area contributed by atoms with Gasteiger partial charge in [-0.05, 0) is 85.3 Å². The zero-order chi connectivity index (χ0) is 27.7. The van der Waals surface area contributed by atoms with E-state index in [-0.39, 0.29) is 4.90 Å². The summed E-state index contributed by atoms with van der Waals surface area (Å²) in [4.78, 5) is 25.6. The van der Waals surface area contributed by atoms with Crippen LogP contribution in [-0.4, -0.2) is 55.1 Å². The number of halogens is 1. The number of aliphatic hydroxyl groups is 1. The van der Waals surface area contributed by atoms with Crippen molar-refractivity contribution in [1.29, 1.82) is 0 Å². The van der Waals surface area contributed by atoms with Gasteiger partial charge in [0.2, 0.25) is 0 Å². The van der Waals surface area contributed by atoms with Crippen molar-refractivity contribution in [2.75, 3.05) is 18.4 Å². The van der Waals surface area contributed by atoms with E-state index in [0.29, 0.717) is 38.5 Å². The van der Waals surface area contributed by atoms with E-state index in [4.69, 9.17) is 11.6 Å². The number of likely N-dealkylation sites (N-methyl/N-ethyl adjacent to an activating group) is 1. The highest BCUT2D eigenvalue weighted by Gasteiger charge is 2.28. The number of nitrogens with zero attached hydrogens (tertiary/aromatic N) is 1. The van der Waals surface area contributed by atoms with Gasteiger partial charge in [0.1, 0.15) is 0 Å². The minimum Gasteiger partial charge on any atom is -0.480 e. The van der Waals surface area contributed by atoms with Gasteiger partial charge in [0, 0.05) is 23.3 Å². The van der Waals surface area contributed by atoms with Crippen molar-refractivity contribution in [3.63, 3.8) is 0 Å². The number of hydrogen-bond donors (Lipinski definition) is 3. The van der Waals surface area contributed by atoms with Crippen LogP contribution in [0.3, 0.4) is 0 Å². The maximum absolute atomic E-state index is 13.1. The summed E-state index contributed by atoms with van der Waals surface area (Å²) >= 11 is 6.12. The molecule has 0 bridgehead atoms. The van der Waals surface area contributed by atoms with E-state index in [0.717, 1.165) is 16.0 Å². The van der Waals surface area contributed by atoms with Crippen LogP contribution in [-0.2, 0) is 14.8 Å². The van der Waals surface area contributed by atoms with Gasteiger partial charge in [-0.1, -0.05) is 35.9 Å². The van der Waals surface area contributed by atoms with Crippen molar-refractivity contribution >= 4 is 39.2 Å². The molecule has 0 aliphatic carbocycles. The largest absolute Gasteiger partial charge is 0.480 e. The van der Waals surface area contributed by atoms with E-state index < -0.39 is 34.5 Å². The maximum Gasteiger partial charge on any atom is 0.328 e. The van der Waals surface area contributed by atoms with Crippen molar-refractivity contribution in [1.82, 2.24) is 4.90 Å². The van der Waals surface area contributed by atoms with Crippen LogP contribution in [0, 0.1) is 27.7 Å². The topological polar surface area (TPSA) is 124 Å². The Morgan fingerprint density at radius 2 is 1.57 bits per heavy atom. The number of aryl methyl sites for hydroxylation is 4. The molecule has 0 unspecified atom stereocenters. The van der Waals surface area contributed by atoms with E-state index in [1.54, 1.807) is 64.1 Å². The van der Waals surface area contributed by atoms with Crippen molar-refractivity contribution in [2.45, 2.75) is 38.6 Å². The lowest BCUT2D eigenvalue weighted by Crippen LogP contribution is -2.45. The lowest BCUT2D eigenvalue weighted by atomic mass is 9.94. The van der Waals surface area contributed by atoms with Gasteiger partial charge in [0.05, 0.1) is 11.5 Å². The molecule has 3 aromatic rings. The zero-order valence-corrected chi connectivity index (χ0v) is 22.7. The first-order valence-electron chi connectivity index (χ1n) is 11.4. The molecule has 0 aliphatic heterocycles. The summed E-state index contributed by atoms with van der Waals surface area (Å²) in [5, 5.41) is 19.2. The number of carbonyl (C=O) groups is 2. The molecule has 8 nitrogen and oxygen atoms in total. The van der Waals surface area contributed by atoms with Crippen molar-refractivity contribution in [2.24, 2.45) is 0 Å². The van der Waals surface area contributed by atoms with Gasteiger partial charge in [-0.2, -0.15) is 0 Å². The number of nitrogens with one attached hydrogen (secondary N) is 1. The number of carbonyl (C=O) groups excluding carboxylic acids is 1. The predicted octanol–water partition coefficient (Wildman–Crippen LogP) is 4.56. The molecule has 0 spiro atoms. The van der Waals surface area contributed by atoms with E-state index in [1.165, 1.54) is 13.1 Å². The number of hydrogen-bond acceptors (Lipinski definition) is 5. The quantitative estimate of drug-likeness (QED) is 0.382. The molecule has 37 heavy (non-hydrogen) atoms. The lowest BCUT2D eigenvalue weighted by molar-refractivity contribution is -0.143. The van der Waals surface area contributed by atoms with Crippen LogP contribution in [0.1, 0.15) is 32.6 Å². The molecular weight excluding hydrogens is 516 g/mol. The molecule has 3 aromatic carbocycles. The Morgan fingerprint density at radius 3 is 2.14 bits per heavy atom. The second-order valence-electron chi connectivity index (χ2n) is 8.99. The molecule has 0 heterocycles. The van der Waals surface area contributed by atoms with E-state index in [1.807, 2.05) is 6.07 Å². The number of carboxylic acid groups (broad SMARTS) is 1. The molecule has 3 N–H and O–H groups in total. The third kappa shape index (κ3) is 5.95. The SMILES string of the molecule is Cc1cc(S(=O)(=O)Nc2cccc(-c3cc(C)c(C(=O)N(C)[C@@H](CO)C(=O)O)c(C)c3)c2)c(C)cc1Cl. The molecule has 0 saturated heterocycles. The average Bonchev–Trinajstić information content (AvgIpc) is 2.80. The highest BCUT2D eigenvalue weighted by Crippen LogP contribution is 2.30. The number of carboxylic acids is 1. The van der Waals surface area contributed by atoms with Crippen LogP contribution >= 0.6 is 11.6 Å². The molecule has 0 radical (unpaired) electrons. The molecule has 0 saturated carbocycles. The summed E-state index contributed by atoms with van der Waals surface area (Å²) in [6.07, 6.45) is 0. The van der Waals surface area contributed by atoms with Crippen molar-refractivity contribution in [3.05, 3.63) is 81.4 Å². The normalized spacial score (nSPS) is 12.2. The summed E-state index contributed by atoms with van der Waals surface area (Å²) in [6.45, 7) is 6.20. The number of sulfonamides is 1. The third-order valence-electron chi connectivity index (χ3n) is 6.19. The predicted molar refractivity (Wildman–Crippen MR) is 144 cm³/mol.